The smallest absolute Gasteiger partial charge is 0.408 e. The lowest BCUT2D eigenvalue weighted by molar-refractivity contribution is -0.142. The van der Waals surface area contributed by atoms with Gasteiger partial charge in [0, 0.05) is 18.8 Å². The molecule has 0 bridgehead atoms. The van der Waals surface area contributed by atoms with Crippen LogP contribution in [0.4, 0.5) is 4.79 Å². The van der Waals surface area contributed by atoms with Gasteiger partial charge < -0.3 is 20.3 Å². The Bertz CT molecular complexity index is 849. The molecule has 1 rings (SSSR count). The molecule has 8 heteroatoms. The number of ether oxygens (including phenoxy) is 1. The van der Waals surface area contributed by atoms with Gasteiger partial charge in [-0.25, -0.2) is 4.79 Å². The van der Waals surface area contributed by atoms with Crippen molar-refractivity contribution in [2.45, 2.75) is 111 Å². The highest BCUT2D eigenvalue weighted by Gasteiger charge is 2.36. The molecule has 0 saturated heterocycles. The normalized spacial score (nSPS) is 13.0. The quantitative estimate of drug-likeness (QED) is 0.193. The molecule has 0 aliphatic carbocycles. The zero-order valence-corrected chi connectivity index (χ0v) is 24.9. The van der Waals surface area contributed by atoms with Crippen LogP contribution in [0.25, 0.3) is 0 Å². The zero-order valence-electron chi connectivity index (χ0n) is 24.0. The van der Waals surface area contributed by atoms with Gasteiger partial charge in [-0.1, -0.05) is 64.2 Å². The van der Waals surface area contributed by atoms with Gasteiger partial charge in [0.25, 0.3) is 0 Å². The summed E-state index contributed by atoms with van der Waals surface area (Å²) in [6.45, 7) is 14.4. The van der Waals surface area contributed by atoms with Crippen molar-refractivity contribution in [3.63, 3.8) is 0 Å². The highest BCUT2D eigenvalue weighted by Crippen LogP contribution is 2.29. The molecule has 2 N–H and O–H groups in total. The molecule has 1 aromatic carbocycles. The minimum absolute atomic E-state index is 0.0845. The third-order valence-corrected chi connectivity index (χ3v) is 6.53. The molecule has 3 amide bonds. The molecule has 0 aromatic heterocycles. The Kier molecular flexibility index (Phi) is 14.7. The Balaban J connectivity index is 3.42. The van der Waals surface area contributed by atoms with Gasteiger partial charge in [-0.05, 0) is 64.2 Å². The van der Waals surface area contributed by atoms with E-state index in [-0.39, 0.29) is 17.6 Å². The van der Waals surface area contributed by atoms with E-state index in [2.05, 4.69) is 37.1 Å². The number of nitrogens with zero attached hydrogens (tertiary/aromatic N) is 1. The van der Waals surface area contributed by atoms with Crippen molar-refractivity contribution in [3.8, 4) is 0 Å². The minimum atomic E-state index is -0.927. The zero-order chi connectivity index (χ0) is 28.0. The third-order valence-electron chi connectivity index (χ3n) is 6.16. The van der Waals surface area contributed by atoms with Crippen molar-refractivity contribution in [1.29, 1.82) is 0 Å². The Labute approximate surface area is 229 Å². The molecule has 0 aliphatic heterocycles. The summed E-state index contributed by atoms with van der Waals surface area (Å²) in [7, 11) is 0. The second kappa shape index (κ2) is 16.6. The molecule has 2 unspecified atom stereocenters. The fraction of sp³-hybridized carbons (Fsp3) is 0.690. The average Bonchev–Trinajstić information content (AvgIpc) is 2.82. The molecule has 0 fully saturated rings. The number of nitrogens with one attached hydrogen (secondary N) is 2. The van der Waals surface area contributed by atoms with Crippen molar-refractivity contribution in [3.05, 3.63) is 34.9 Å². The first-order valence-electron chi connectivity index (χ1n) is 13.7. The Morgan fingerprint density at radius 1 is 0.973 bits per heavy atom. The van der Waals surface area contributed by atoms with E-state index >= 15 is 0 Å². The van der Waals surface area contributed by atoms with Crippen LogP contribution < -0.4 is 10.6 Å². The maximum absolute atomic E-state index is 14.0. The first-order valence-corrected chi connectivity index (χ1v) is 14.3. The largest absolute Gasteiger partial charge is 0.444 e. The van der Waals surface area contributed by atoms with Crippen LogP contribution in [0.3, 0.4) is 0 Å². The minimum Gasteiger partial charge on any atom is -0.444 e. The van der Waals surface area contributed by atoms with Gasteiger partial charge in [-0.2, -0.15) is 12.6 Å². The van der Waals surface area contributed by atoms with Crippen LogP contribution in [0.1, 0.15) is 102 Å². The van der Waals surface area contributed by atoms with Gasteiger partial charge in [0.05, 0.1) is 0 Å². The second-order valence-corrected chi connectivity index (χ2v) is 11.0. The highest BCUT2D eigenvalue weighted by molar-refractivity contribution is 7.80. The predicted octanol–water partition coefficient (Wildman–Crippen LogP) is 5.88. The number of thiol groups is 1. The third kappa shape index (κ3) is 11.4. The number of aryl methyl sites for hydroxylation is 2. The van der Waals surface area contributed by atoms with Crippen molar-refractivity contribution in [2.24, 2.45) is 0 Å². The van der Waals surface area contributed by atoms with Crippen molar-refractivity contribution < 1.29 is 19.1 Å². The number of carbonyl (C=O) groups is 3. The maximum Gasteiger partial charge on any atom is 0.408 e. The molecular formula is C29H49N3O4S. The van der Waals surface area contributed by atoms with Gasteiger partial charge in [0.15, 0.2) is 0 Å². The van der Waals surface area contributed by atoms with Crippen LogP contribution in [0.5, 0.6) is 0 Å². The van der Waals surface area contributed by atoms with Crippen molar-refractivity contribution in [2.75, 3.05) is 18.8 Å². The van der Waals surface area contributed by atoms with E-state index < -0.39 is 23.8 Å². The molecule has 2 atom stereocenters. The molecule has 210 valence electrons. The van der Waals surface area contributed by atoms with Crippen LogP contribution >= 0.6 is 12.6 Å². The Morgan fingerprint density at radius 2 is 1.57 bits per heavy atom. The molecule has 37 heavy (non-hydrogen) atoms. The van der Waals surface area contributed by atoms with E-state index in [1.165, 1.54) is 0 Å². The Hall–Kier alpha value is -2.22. The van der Waals surface area contributed by atoms with Gasteiger partial charge in [-0.3, -0.25) is 9.59 Å². The second-order valence-electron chi connectivity index (χ2n) is 10.7. The van der Waals surface area contributed by atoms with Gasteiger partial charge in [-0.15, -0.1) is 0 Å². The highest BCUT2D eigenvalue weighted by atomic mass is 32.1. The summed E-state index contributed by atoms with van der Waals surface area (Å²) in [5, 5.41) is 5.75. The summed E-state index contributed by atoms with van der Waals surface area (Å²) >= 11 is 4.37. The Morgan fingerprint density at radius 3 is 2.11 bits per heavy atom. The topological polar surface area (TPSA) is 87.7 Å². The van der Waals surface area contributed by atoms with Crippen LogP contribution in [-0.4, -0.2) is 53.3 Å². The summed E-state index contributed by atoms with van der Waals surface area (Å²) in [5.74, 6) is -0.456. The summed E-state index contributed by atoms with van der Waals surface area (Å²) < 4.78 is 5.39. The van der Waals surface area contributed by atoms with Crippen molar-refractivity contribution in [1.82, 2.24) is 15.5 Å². The summed E-state index contributed by atoms with van der Waals surface area (Å²) in [4.78, 5) is 41.9. The lowest BCUT2D eigenvalue weighted by atomic mass is 9.93. The predicted molar refractivity (Wildman–Crippen MR) is 154 cm³/mol. The number of carbonyl (C=O) groups excluding carboxylic acids is 3. The summed E-state index contributed by atoms with van der Waals surface area (Å²) in [5.41, 5.74) is 2.02. The number of rotatable bonds is 15. The molecule has 0 saturated carbocycles. The fourth-order valence-corrected chi connectivity index (χ4v) is 4.53. The van der Waals surface area contributed by atoms with Gasteiger partial charge in [0.2, 0.25) is 11.8 Å². The average molecular weight is 536 g/mol. The SMILES string of the molecule is CCCCCCN(C(=O)C(CS)NC(=O)OC(C)(C)C)C(C(=O)NCCCCC)c1c(C)cccc1C. The maximum atomic E-state index is 14.0. The fourth-order valence-electron chi connectivity index (χ4n) is 4.28. The molecule has 7 nitrogen and oxygen atoms in total. The molecule has 0 aliphatic rings. The lowest BCUT2D eigenvalue weighted by Crippen LogP contribution is -2.54. The molecule has 0 radical (unpaired) electrons. The first-order chi connectivity index (χ1) is 17.5. The van der Waals surface area contributed by atoms with E-state index in [1.54, 1.807) is 25.7 Å². The van der Waals surface area contributed by atoms with Crippen LogP contribution in [0.15, 0.2) is 18.2 Å². The molecule has 0 spiro atoms. The standard InChI is InChI=1S/C29H49N3O4S/c1-8-10-12-14-19-32(27(34)23(20-37)31-28(35)36-29(5,6)7)25(26(33)30-18-13-11-9-2)24-21(3)16-15-17-22(24)4/h15-17,23,25,37H,8-14,18-20H2,1-7H3,(H,30,33)(H,31,35). The lowest BCUT2D eigenvalue weighted by Gasteiger charge is -2.35. The molecule has 1 aromatic rings. The molecular weight excluding hydrogens is 486 g/mol. The van der Waals surface area contributed by atoms with Crippen LogP contribution in [0, 0.1) is 13.8 Å². The summed E-state index contributed by atoms with van der Waals surface area (Å²) in [6.07, 6.45) is 6.09. The first kappa shape index (κ1) is 32.8. The number of hydrogen-bond donors (Lipinski definition) is 3. The number of amides is 3. The van der Waals surface area contributed by atoms with Crippen LogP contribution in [-0.2, 0) is 14.3 Å². The number of benzene rings is 1. The monoisotopic (exact) mass is 535 g/mol. The van der Waals surface area contributed by atoms with Crippen LogP contribution in [0.2, 0.25) is 0 Å². The summed E-state index contributed by atoms with van der Waals surface area (Å²) in [6, 6.07) is 4.16. The van der Waals surface area contributed by atoms with Gasteiger partial charge in [0.1, 0.15) is 17.7 Å². The molecule has 0 heterocycles. The van der Waals surface area contributed by atoms with E-state index in [9.17, 15) is 14.4 Å². The van der Waals surface area contributed by atoms with E-state index in [0.717, 1.165) is 61.6 Å². The van der Waals surface area contributed by atoms with E-state index in [1.807, 2.05) is 32.0 Å². The number of hydrogen-bond acceptors (Lipinski definition) is 5. The number of alkyl carbamates (subject to hydrolysis) is 1. The number of unbranched alkanes of at least 4 members (excludes halogenated alkanes) is 5. The van der Waals surface area contributed by atoms with E-state index in [0.29, 0.717) is 13.1 Å². The van der Waals surface area contributed by atoms with Crippen molar-refractivity contribution >= 4 is 30.5 Å². The van der Waals surface area contributed by atoms with Gasteiger partial charge >= 0.3 is 6.09 Å². The van der Waals surface area contributed by atoms with E-state index in [4.69, 9.17) is 4.74 Å².